The molecule has 5 heteroatoms. The fourth-order valence-corrected chi connectivity index (χ4v) is 0.747. The lowest BCUT2D eigenvalue weighted by Gasteiger charge is -1.92. The number of hydrogen-bond acceptors (Lipinski definition) is 4. The highest BCUT2D eigenvalue weighted by molar-refractivity contribution is 6.29. The molecular formula is C8H9ClN4. The SMILES string of the molecule is CC(C=Nc1cc(Cl)ncn1)=CN. The fourth-order valence-electron chi connectivity index (χ4n) is 0.606. The van der Waals surface area contributed by atoms with Crippen LogP contribution < -0.4 is 5.73 Å². The molecule has 1 heterocycles. The number of halogens is 1. The van der Waals surface area contributed by atoms with Crippen LogP contribution in [0.4, 0.5) is 5.82 Å². The van der Waals surface area contributed by atoms with Crippen LogP contribution in [0.1, 0.15) is 6.92 Å². The van der Waals surface area contributed by atoms with Crippen LogP contribution in [0.3, 0.4) is 0 Å². The van der Waals surface area contributed by atoms with E-state index in [1.165, 1.54) is 12.5 Å². The molecule has 0 atom stereocenters. The molecule has 2 N–H and O–H groups in total. The average molecular weight is 197 g/mol. The molecule has 0 saturated heterocycles. The summed E-state index contributed by atoms with van der Waals surface area (Å²) in [7, 11) is 0. The van der Waals surface area contributed by atoms with Crippen molar-refractivity contribution >= 4 is 23.6 Å². The summed E-state index contributed by atoms with van der Waals surface area (Å²) in [6.45, 7) is 1.84. The standard InChI is InChI=1S/C8H9ClN4/c1-6(3-10)4-11-8-2-7(9)12-5-13-8/h2-5H,10H2,1H3. The van der Waals surface area contributed by atoms with Crippen molar-refractivity contribution in [1.82, 2.24) is 9.97 Å². The van der Waals surface area contributed by atoms with Gasteiger partial charge in [0, 0.05) is 12.3 Å². The molecule has 0 aliphatic heterocycles. The number of allylic oxidation sites excluding steroid dienone is 1. The van der Waals surface area contributed by atoms with Crippen molar-refractivity contribution in [1.29, 1.82) is 0 Å². The summed E-state index contributed by atoms with van der Waals surface area (Å²) in [6, 6.07) is 1.57. The van der Waals surface area contributed by atoms with Gasteiger partial charge in [-0.3, -0.25) is 0 Å². The third kappa shape index (κ3) is 3.21. The summed E-state index contributed by atoms with van der Waals surface area (Å²) < 4.78 is 0. The molecule has 1 aromatic rings. The van der Waals surface area contributed by atoms with Crippen LogP contribution in [-0.2, 0) is 0 Å². The Balaban J connectivity index is 2.80. The Hall–Kier alpha value is -1.42. The van der Waals surface area contributed by atoms with Gasteiger partial charge in [0.2, 0.25) is 0 Å². The second kappa shape index (κ2) is 4.57. The first kappa shape index (κ1) is 9.67. The van der Waals surface area contributed by atoms with Crippen LogP contribution in [0.25, 0.3) is 0 Å². The van der Waals surface area contributed by atoms with Crippen molar-refractivity contribution < 1.29 is 0 Å². The predicted octanol–water partition coefficient (Wildman–Crippen LogP) is 1.69. The van der Waals surface area contributed by atoms with E-state index in [-0.39, 0.29) is 0 Å². The first-order chi connectivity index (χ1) is 6.22. The first-order valence-corrected chi connectivity index (χ1v) is 4.00. The Morgan fingerprint density at radius 1 is 1.62 bits per heavy atom. The first-order valence-electron chi connectivity index (χ1n) is 3.62. The molecule has 0 aromatic carbocycles. The number of aliphatic imine (C=N–C) groups is 1. The summed E-state index contributed by atoms with van der Waals surface area (Å²) in [5.74, 6) is 0.515. The maximum atomic E-state index is 5.63. The van der Waals surface area contributed by atoms with E-state index in [9.17, 15) is 0 Å². The molecule has 4 nitrogen and oxygen atoms in total. The molecule has 0 fully saturated rings. The number of nitrogens with zero attached hydrogens (tertiary/aromatic N) is 3. The Kier molecular flexibility index (Phi) is 3.40. The van der Waals surface area contributed by atoms with Crippen LogP contribution >= 0.6 is 11.6 Å². The molecular weight excluding hydrogens is 188 g/mol. The second-order valence-electron chi connectivity index (χ2n) is 2.37. The summed E-state index contributed by atoms with van der Waals surface area (Å²) in [5, 5.41) is 0.372. The van der Waals surface area contributed by atoms with Gasteiger partial charge in [-0.05, 0) is 18.7 Å². The zero-order valence-electron chi connectivity index (χ0n) is 7.11. The van der Waals surface area contributed by atoms with Gasteiger partial charge in [-0.15, -0.1) is 0 Å². The van der Waals surface area contributed by atoms with Crippen LogP contribution in [-0.4, -0.2) is 16.2 Å². The highest BCUT2D eigenvalue weighted by Crippen LogP contribution is 2.11. The van der Waals surface area contributed by atoms with Crippen molar-refractivity contribution in [2.24, 2.45) is 10.7 Å². The van der Waals surface area contributed by atoms with E-state index < -0.39 is 0 Å². The third-order valence-electron chi connectivity index (χ3n) is 1.28. The van der Waals surface area contributed by atoms with Gasteiger partial charge in [0.05, 0.1) is 0 Å². The highest BCUT2D eigenvalue weighted by Gasteiger charge is 1.91. The van der Waals surface area contributed by atoms with E-state index >= 15 is 0 Å². The lowest BCUT2D eigenvalue weighted by Crippen LogP contribution is -1.85. The molecule has 0 amide bonds. The topological polar surface area (TPSA) is 64.2 Å². The Morgan fingerprint density at radius 3 is 3.00 bits per heavy atom. The minimum Gasteiger partial charge on any atom is -0.404 e. The third-order valence-corrected chi connectivity index (χ3v) is 1.49. The van der Waals surface area contributed by atoms with Crippen molar-refractivity contribution in [3.8, 4) is 0 Å². The maximum absolute atomic E-state index is 5.63. The molecule has 68 valence electrons. The lowest BCUT2D eigenvalue weighted by atomic mass is 10.4. The summed E-state index contributed by atoms with van der Waals surface area (Å²) in [6.07, 6.45) is 4.43. The van der Waals surface area contributed by atoms with Gasteiger partial charge in [-0.1, -0.05) is 11.6 Å². The van der Waals surface area contributed by atoms with Crippen LogP contribution in [0.2, 0.25) is 5.15 Å². The molecule has 13 heavy (non-hydrogen) atoms. The predicted molar refractivity (Wildman–Crippen MR) is 53.1 cm³/mol. The van der Waals surface area contributed by atoms with Gasteiger partial charge in [0.1, 0.15) is 11.5 Å². The van der Waals surface area contributed by atoms with Crippen molar-refractivity contribution in [3.05, 3.63) is 29.3 Å². The Bertz CT molecular complexity index is 346. The van der Waals surface area contributed by atoms with E-state index in [1.54, 1.807) is 12.3 Å². The largest absolute Gasteiger partial charge is 0.404 e. The molecule has 0 bridgehead atoms. The zero-order chi connectivity index (χ0) is 9.68. The minimum absolute atomic E-state index is 0.372. The van der Waals surface area contributed by atoms with Crippen molar-refractivity contribution in [2.45, 2.75) is 6.92 Å². The minimum atomic E-state index is 0.372. The van der Waals surface area contributed by atoms with Gasteiger partial charge in [-0.25, -0.2) is 15.0 Å². The van der Waals surface area contributed by atoms with Crippen LogP contribution in [0.15, 0.2) is 29.2 Å². The van der Waals surface area contributed by atoms with Gasteiger partial charge in [0.25, 0.3) is 0 Å². The highest BCUT2D eigenvalue weighted by atomic mass is 35.5. The summed E-state index contributed by atoms with van der Waals surface area (Å²) >= 11 is 5.63. The normalized spacial score (nSPS) is 12.3. The molecule has 0 unspecified atom stereocenters. The number of nitrogens with two attached hydrogens (primary N) is 1. The van der Waals surface area contributed by atoms with Crippen molar-refractivity contribution in [2.75, 3.05) is 0 Å². The number of aromatic nitrogens is 2. The fraction of sp³-hybridized carbons (Fsp3) is 0.125. The lowest BCUT2D eigenvalue weighted by molar-refractivity contribution is 1.15. The van der Waals surface area contributed by atoms with Gasteiger partial charge in [-0.2, -0.15) is 0 Å². The van der Waals surface area contributed by atoms with Gasteiger partial charge < -0.3 is 5.73 Å². The maximum Gasteiger partial charge on any atom is 0.156 e. The van der Waals surface area contributed by atoms with Gasteiger partial charge >= 0.3 is 0 Å². The smallest absolute Gasteiger partial charge is 0.156 e. The van der Waals surface area contributed by atoms with E-state index in [0.29, 0.717) is 11.0 Å². The molecule has 1 rings (SSSR count). The molecule has 0 aliphatic carbocycles. The van der Waals surface area contributed by atoms with E-state index in [2.05, 4.69) is 15.0 Å². The van der Waals surface area contributed by atoms with Crippen LogP contribution in [0.5, 0.6) is 0 Å². The van der Waals surface area contributed by atoms with Crippen molar-refractivity contribution in [3.63, 3.8) is 0 Å². The zero-order valence-corrected chi connectivity index (χ0v) is 7.86. The molecule has 1 aromatic heterocycles. The van der Waals surface area contributed by atoms with Crippen LogP contribution in [0, 0.1) is 0 Å². The molecule has 0 radical (unpaired) electrons. The summed E-state index contributed by atoms with van der Waals surface area (Å²) in [5.41, 5.74) is 6.11. The summed E-state index contributed by atoms with van der Waals surface area (Å²) in [4.78, 5) is 11.6. The molecule has 0 aliphatic rings. The van der Waals surface area contributed by atoms with E-state index in [0.717, 1.165) is 5.57 Å². The quantitative estimate of drug-likeness (QED) is 0.578. The molecule has 0 spiro atoms. The van der Waals surface area contributed by atoms with E-state index in [1.807, 2.05) is 6.92 Å². The number of hydrogen-bond donors (Lipinski definition) is 1. The Labute approximate surface area is 81.2 Å². The number of rotatable bonds is 2. The monoisotopic (exact) mass is 196 g/mol. The van der Waals surface area contributed by atoms with E-state index in [4.69, 9.17) is 17.3 Å². The second-order valence-corrected chi connectivity index (χ2v) is 2.76. The van der Waals surface area contributed by atoms with Gasteiger partial charge in [0.15, 0.2) is 5.82 Å². The Morgan fingerprint density at radius 2 is 2.38 bits per heavy atom. The molecule has 0 saturated carbocycles. The average Bonchev–Trinajstić information content (AvgIpc) is 2.14.